The zero-order chi connectivity index (χ0) is 32.0. The second-order valence-electron chi connectivity index (χ2n) is 9.92. The van der Waals surface area contributed by atoms with Crippen molar-refractivity contribution in [1.82, 2.24) is 15.2 Å². The Balaban J connectivity index is 0.000000782. The van der Waals surface area contributed by atoms with Crippen molar-refractivity contribution in [2.45, 2.75) is 45.8 Å². The predicted molar refractivity (Wildman–Crippen MR) is 142 cm³/mol. The molecule has 1 aliphatic heterocycles. The van der Waals surface area contributed by atoms with Gasteiger partial charge in [0.05, 0.1) is 25.4 Å². The zero-order valence-electron chi connectivity index (χ0n) is 23.5. The van der Waals surface area contributed by atoms with Crippen LogP contribution in [-0.2, 0) is 21.5 Å². The number of carbonyl (C=O) groups is 4. The SMILES string of the molecule is CCOc1nc2c(cc1C(=O)NC)C(=N)N(CC(=O)c1ccc(OCC(=O)O)c(C(C)(C)C)c1)C2.O=C(O)C(F)(F)F. The topological polar surface area (TPSA) is 179 Å². The number of ether oxygens (including phenoxy) is 2. The van der Waals surface area contributed by atoms with Crippen LogP contribution in [0.4, 0.5) is 13.2 Å². The first-order valence-corrected chi connectivity index (χ1v) is 12.5. The maximum Gasteiger partial charge on any atom is 0.490 e. The number of Topliss-reactive ketones (excluding diaryl/α,β-unsaturated/α-hetero) is 1. The van der Waals surface area contributed by atoms with Gasteiger partial charge in [0.1, 0.15) is 17.1 Å². The summed E-state index contributed by atoms with van der Waals surface area (Å²) in [6, 6.07) is 6.48. The van der Waals surface area contributed by atoms with E-state index in [4.69, 9.17) is 29.9 Å². The van der Waals surface area contributed by atoms with Gasteiger partial charge >= 0.3 is 18.1 Å². The standard InChI is InChI=1S/C25H30N4O6.C2HF3O2/c1-6-34-24-16(23(33)27-5)10-15-18(28-24)11-29(22(15)26)12-19(30)14-7-8-20(35-13-21(31)32)17(9-14)25(2,3)4;3-2(4,5)1(6)7/h7-10,26H,6,11-13H2,1-5H3,(H,27,33)(H,31,32);(H,6,7). The van der Waals surface area contributed by atoms with Gasteiger partial charge in [0.2, 0.25) is 5.88 Å². The molecule has 2 heterocycles. The molecule has 0 fully saturated rings. The number of alkyl halides is 3. The van der Waals surface area contributed by atoms with Gasteiger partial charge in [0.15, 0.2) is 12.4 Å². The minimum absolute atomic E-state index is 0.0621. The number of benzene rings is 1. The molecule has 42 heavy (non-hydrogen) atoms. The molecular formula is C27H31F3N4O8. The highest BCUT2D eigenvalue weighted by Gasteiger charge is 2.38. The van der Waals surface area contributed by atoms with Crippen LogP contribution in [0.25, 0.3) is 0 Å². The van der Waals surface area contributed by atoms with Crippen molar-refractivity contribution in [2.75, 3.05) is 26.8 Å². The van der Waals surface area contributed by atoms with Crippen LogP contribution in [0.5, 0.6) is 11.6 Å². The van der Waals surface area contributed by atoms with E-state index in [0.717, 1.165) is 0 Å². The second-order valence-corrected chi connectivity index (χ2v) is 9.92. The summed E-state index contributed by atoms with van der Waals surface area (Å²) in [6.07, 6.45) is -5.08. The molecule has 228 valence electrons. The van der Waals surface area contributed by atoms with Crippen molar-refractivity contribution in [3.8, 4) is 11.6 Å². The number of aliphatic carboxylic acids is 2. The molecule has 3 rings (SSSR count). The molecule has 4 N–H and O–H groups in total. The smallest absolute Gasteiger partial charge is 0.482 e. The molecule has 0 atom stereocenters. The maximum atomic E-state index is 13.2. The normalized spacial score (nSPS) is 12.6. The van der Waals surface area contributed by atoms with E-state index < -0.39 is 30.1 Å². The molecule has 0 bridgehead atoms. The molecule has 1 aliphatic rings. The van der Waals surface area contributed by atoms with Crippen LogP contribution >= 0.6 is 0 Å². The minimum Gasteiger partial charge on any atom is -0.482 e. The lowest BCUT2D eigenvalue weighted by atomic mass is 9.85. The van der Waals surface area contributed by atoms with E-state index in [0.29, 0.717) is 34.7 Å². The fourth-order valence-corrected chi connectivity index (χ4v) is 3.79. The number of rotatable bonds is 9. The summed E-state index contributed by atoms with van der Waals surface area (Å²) in [5.41, 5.74) is 2.02. The molecule has 0 saturated heterocycles. The highest BCUT2D eigenvalue weighted by molar-refractivity contribution is 6.07. The number of hydrogen-bond donors (Lipinski definition) is 4. The van der Waals surface area contributed by atoms with E-state index in [1.807, 2.05) is 20.8 Å². The number of carboxylic acid groups (broad SMARTS) is 2. The fraction of sp³-hybridized carbons (Fsp3) is 0.407. The summed E-state index contributed by atoms with van der Waals surface area (Å²) in [5.74, 6) is -3.72. The Hall–Kier alpha value is -4.69. The summed E-state index contributed by atoms with van der Waals surface area (Å²) in [6.45, 7) is 7.66. The van der Waals surface area contributed by atoms with E-state index in [1.165, 1.54) is 7.05 Å². The Morgan fingerprint density at radius 3 is 2.21 bits per heavy atom. The Morgan fingerprint density at radius 1 is 1.10 bits per heavy atom. The molecular weight excluding hydrogens is 565 g/mol. The molecule has 12 nitrogen and oxygen atoms in total. The monoisotopic (exact) mass is 596 g/mol. The molecule has 1 aromatic heterocycles. The van der Waals surface area contributed by atoms with E-state index in [-0.39, 0.29) is 42.1 Å². The zero-order valence-corrected chi connectivity index (χ0v) is 23.5. The van der Waals surface area contributed by atoms with Crippen LogP contribution in [0, 0.1) is 5.41 Å². The van der Waals surface area contributed by atoms with Crippen molar-refractivity contribution in [1.29, 1.82) is 5.41 Å². The number of amides is 1. The summed E-state index contributed by atoms with van der Waals surface area (Å²) in [7, 11) is 1.51. The summed E-state index contributed by atoms with van der Waals surface area (Å²) < 4.78 is 42.7. The van der Waals surface area contributed by atoms with Gasteiger partial charge in [-0.1, -0.05) is 20.8 Å². The number of halogens is 3. The predicted octanol–water partition coefficient (Wildman–Crippen LogP) is 3.26. The number of carbonyl (C=O) groups excluding carboxylic acids is 2. The second kappa shape index (κ2) is 13.3. The van der Waals surface area contributed by atoms with Gasteiger partial charge < -0.3 is 29.9 Å². The largest absolute Gasteiger partial charge is 0.490 e. The first-order chi connectivity index (χ1) is 19.4. The third-order valence-corrected chi connectivity index (χ3v) is 5.77. The molecule has 0 radical (unpaired) electrons. The van der Waals surface area contributed by atoms with Crippen LogP contribution in [0.15, 0.2) is 24.3 Å². The number of pyridine rings is 1. The van der Waals surface area contributed by atoms with Crippen LogP contribution in [-0.4, -0.2) is 82.5 Å². The van der Waals surface area contributed by atoms with Gasteiger partial charge in [-0.15, -0.1) is 0 Å². The summed E-state index contributed by atoms with van der Waals surface area (Å²) in [5, 5.41) is 27.2. The number of hydrogen-bond acceptors (Lipinski definition) is 8. The average molecular weight is 597 g/mol. The van der Waals surface area contributed by atoms with E-state index in [1.54, 1.807) is 36.1 Å². The van der Waals surface area contributed by atoms with Gasteiger partial charge in [-0.25, -0.2) is 14.6 Å². The van der Waals surface area contributed by atoms with Crippen LogP contribution in [0.1, 0.15) is 65.2 Å². The fourth-order valence-electron chi connectivity index (χ4n) is 3.79. The van der Waals surface area contributed by atoms with Crippen molar-refractivity contribution in [3.63, 3.8) is 0 Å². The molecule has 0 spiro atoms. The van der Waals surface area contributed by atoms with Crippen molar-refractivity contribution >= 4 is 29.5 Å². The average Bonchev–Trinajstić information content (AvgIpc) is 3.19. The quantitative estimate of drug-likeness (QED) is 0.314. The number of ketones is 1. The number of amidine groups is 1. The Morgan fingerprint density at radius 2 is 1.71 bits per heavy atom. The lowest BCUT2D eigenvalue weighted by Gasteiger charge is -2.24. The number of carboxylic acids is 2. The lowest BCUT2D eigenvalue weighted by molar-refractivity contribution is -0.192. The van der Waals surface area contributed by atoms with Gasteiger partial charge in [0.25, 0.3) is 5.91 Å². The Labute approximate surface area is 239 Å². The van der Waals surface area contributed by atoms with Crippen LogP contribution in [0.3, 0.4) is 0 Å². The summed E-state index contributed by atoms with van der Waals surface area (Å²) >= 11 is 0. The molecule has 15 heteroatoms. The van der Waals surface area contributed by atoms with Gasteiger partial charge in [-0.3, -0.25) is 15.0 Å². The van der Waals surface area contributed by atoms with E-state index in [9.17, 15) is 27.6 Å². The van der Waals surface area contributed by atoms with Crippen molar-refractivity contribution in [2.24, 2.45) is 0 Å². The third-order valence-electron chi connectivity index (χ3n) is 5.77. The molecule has 1 aromatic carbocycles. The van der Waals surface area contributed by atoms with Gasteiger partial charge in [-0.05, 0) is 36.6 Å². The molecule has 1 amide bonds. The Kier molecular flexibility index (Phi) is 10.6. The first kappa shape index (κ1) is 33.5. The van der Waals surface area contributed by atoms with Crippen molar-refractivity contribution in [3.05, 3.63) is 52.2 Å². The molecule has 0 aliphatic carbocycles. The maximum absolute atomic E-state index is 13.2. The number of nitrogens with one attached hydrogen (secondary N) is 2. The highest BCUT2D eigenvalue weighted by atomic mass is 19.4. The number of fused-ring (bicyclic) bond motifs is 1. The van der Waals surface area contributed by atoms with Crippen molar-refractivity contribution < 1.29 is 52.0 Å². The number of aromatic nitrogens is 1. The lowest BCUT2D eigenvalue weighted by Crippen LogP contribution is -2.30. The molecule has 0 unspecified atom stereocenters. The Bertz CT molecular complexity index is 1390. The molecule has 0 saturated carbocycles. The van der Waals surface area contributed by atoms with Crippen LogP contribution < -0.4 is 14.8 Å². The van der Waals surface area contributed by atoms with Gasteiger partial charge in [0, 0.05) is 23.7 Å². The van der Waals surface area contributed by atoms with E-state index in [2.05, 4.69) is 10.3 Å². The third kappa shape index (κ3) is 8.41. The highest BCUT2D eigenvalue weighted by Crippen LogP contribution is 2.33. The minimum atomic E-state index is -5.08. The van der Waals surface area contributed by atoms with Gasteiger partial charge in [-0.2, -0.15) is 13.2 Å². The number of nitrogens with zero attached hydrogens (tertiary/aromatic N) is 2. The summed E-state index contributed by atoms with van der Waals surface area (Å²) in [4.78, 5) is 51.3. The molecule has 2 aromatic rings. The van der Waals surface area contributed by atoms with E-state index >= 15 is 0 Å². The first-order valence-electron chi connectivity index (χ1n) is 12.5. The van der Waals surface area contributed by atoms with Crippen LogP contribution in [0.2, 0.25) is 0 Å².